The lowest BCUT2D eigenvalue weighted by molar-refractivity contribution is -0.136. The van der Waals surface area contributed by atoms with Gasteiger partial charge in [0.2, 0.25) is 0 Å². The van der Waals surface area contributed by atoms with Crippen LogP contribution in [0.4, 0.5) is 18.0 Å². The highest BCUT2D eigenvalue weighted by Crippen LogP contribution is 2.37. The highest BCUT2D eigenvalue weighted by Gasteiger charge is 2.38. The van der Waals surface area contributed by atoms with Crippen LogP contribution in [0.5, 0.6) is 0 Å². The van der Waals surface area contributed by atoms with Gasteiger partial charge in [-0.1, -0.05) is 6.07 Å². The molecule has 9 heteroatoms. The van der Waals surface area contributed by atoms with Crippen LogP contribution in [0.25, 0.3) is 11.0 Å². The summed E-state index contributed by atoms with van der Waals surface area (Å²) in [6.45, 7) is 5.45. The lowest BCUT2D eigenvalue weighted by atomic mass is 10.1. The number of carbonyl (C=O) groups is 1. The summed E-state index contributed by atoms with van der Waals surface area (Å²) in [5.74, 6) is 0. The Balaban J connectivity index is 2.13. The van der Waals surface area contributed by atoms with Crippen LogP contribution in [-0.4, -0.2) is 32.7 Å². The number of hydrogen-bond acceptors (Lipinski definition) is 3. The fraction of sp³-hybridized carbons (Fsp3) is 0.556. The lowest BCUT2D eigenvalue weighted by Gasteiger charge is -2.37. The first kappa shape index (κ1) is 19.3. The van der Waals surface area contributed by atoms with Gasteiger partial charge in [0.05, 0.1) is 16.6 Å². The van der Waals surface area contributed by atoms with E-state index in [0.717, 1.165) is 10.6 Å². The zero-order chi connectivity index (χ0) is 20.0. The summed E-state index contributed by atoms with van der Waals surface area (Å²) in [4.78, 5) is 29.0. The molecule has 2 heterocycles. The number of aromatic nitrogens is 2. The minimum atomic E-state index is -4.62. The molecule has 1 aromatic heterocycles. The van der Waals surface area contributed by atoms with Crippen LogP contribution in [0.15, 0.2) is 23.0 Å². The van der Waals surface area contributed by atoms with Crippen molar-refractivity contribution in [3.8, 4) is 0 Å². The smallest absolute Gasteiger partial charge is 0.418 e. The monoisotopic (exact) mass is 385 g/mol. The predicted octanol–water partition coefficient (Wildman–Crippen LogP) is 4.27. The molecule has 1 aromatic carbocycles. The Hall–Kier alpha value is -2.45. The number of hydrogen-bond donors (Lipinski definition) is 1. The fourth-order valence-corrected chi connectivity index (χ4v) is 3.41. The van der Waals surface area contributed by atoms with E-state index in [1.165, 1.54) is 17.0 Å². The maximum atomic E-state index is 13.5. The number of benzene rings is 1. The number of likely N-dealkylation sites (tertiary alicyclic amines) is 1. The van der Waals surface area contributed by atoms with E-state index in [2.05, 4.69) is 4.98 Å². The van der Waals surface area contributed by atoms with E-state index in [1.54, 1.807) is 20.8 Å². The van der Waals surface area contributed by atoms with Gasteiger partial charge < -0.3 is 9.72 Å². The van der Waals surface area contributed by atoms with E-state index in [9.17, 15) is 22.8 Å². The second-order valence-electron chi connectivity index (χ2n) is 7.65. The number of H-pyrrole nitrogens is 1. The van der Waals surface area contributed by atoms with Gasteiger partial charge in [-0.15, -0.1) is 0 Å². The van der Waals surface area contributed by atoms with Crippen LogP contribution >= 0.6 is 0 Å². The molecule has 27 heavy (non-hydrogen) atoms. The highest BCUT2D eigenvalue weighted by molar-refractivity contribution is 5.80. The molecule has 1 fully saturated rings. The molecule has 2 aromatic rings. The Morgan fingerprint density at radius 1 is 1.22 bits per heavy atom. The van der Waals surface area contributed by atoms with Gasteiger partial charge >= 0.3 is 18.0 Å². The number of para-hydroxylation sites is 1. The summed E-state index contributed by atoms with van der Waals surface area (Å²) in [6, 6.07) is 3.60. The molecule has 1 N–H and O–H groups in total. The minimum Gasteiger partial charge on any atom is -0.444 e. The van der Waals surface area contributed by atoms with E-state index in [-0.39, 0.29) is 11.0 Å². The molecule has 3 rings (SSSR count). The summed E-state index contributed by atoms with van der Waals surface area (Å²) in [5.41, 5.74) is -2.49. The molecule has 1 unspecified atom stereocenters. The maximum Gasteiger partial charge on any atom is 0.418 e. The van der Waals surface area contributed by atoms with Crippen LogP contribution in [-0.2, 0) is 10.9 Å². The number of carbonyl (C=O) groups excluding carboxylic acids is 1. The summed E-state index contributed by atoms with van der Waals surface area (Å²) in [7, 11) is 0. The van der Waals surface area contributed by atoms with Crippen molar-refractivity contribution in [1.29, 1.82) is 0 Å². The van der Waals surface area contributed by atoms with Crippen LogP contribution < -0.4 is 5.69 Å². The molecule has 1 amide bonds. The molecule has 1 aliphatic rings. The van der Waals surface area contributed by atoms with Crippen molar-refractivity contribution < 1.29 is 22.7 Å². The third-order valence-corrected chi connectivity index (χ3v) is 4.44. The molecule has 1 aliphatic heterocycles. The topological polar surface area (TPSA) is 67.3 Å². The van der Waals surface area contributed by atoms with E-state index in [4.69, 9.17) is 4.74 Å². The van der Waals surface area contributed by atoms with Crippen molar-refractivity contribution in [1.82, 2.24) is 14.5 Å². The van der Waals surface area contributed by atoms with Gasteiger partial charge in [-0.05, 0) is 52.2 Å². The molecule has 1 atom stereocenters. The van der Waals surface area contributed by atoms with Crippen LogP contribution in [0, 0.1) is 0 Å². The van der Waals surface area contributed by atoms with Crippen molar-refractivity contribution in [2.45, 2.75) is 58.0 Å². The second kappa shape index (κ2) is 6.61. The zero-order valence-electron chi connectivity index (χ0n) is 15.4. The average molecular weight is 385 g/mol. The molecular formula is C18H22F3N3O3. The van der Waals surface area contributed by atoms with Crippen LogP contribution in [0.3, 0.4) is 0 Å². The first-order chi connectivity index (χ1) is 12.5. The molecule has 148 valence electrons. The molecule has 0 radical (unpaired) electrons. The minimum absolute atomic E-state index is 0.0875. The van der Waals surface area contributed by atoms with Crippen LogP contribution in [0.2, 0.25) is 0 Å². The van der Waals surface area contributed by atoms with Gasteiger partial charge in [-0.3, -0.25) is 9.47 Å². The maximum absolute atomic E-state index is 13.5. The fourth-order valence-electron chi connectivity index (χ4n) is 3.41. The third-order valence-electron chi connectivity index (χ3n) is 4.44. The lowest BCUT2D eigenvalue weighted by Crippen LogP contribution is -2.46. The summed E-state index contributed by atoms with van der Waals surface area (Å²) in [5, 5.41) is 0. The Labute approximate surface area is 153 Å². The first-order valence-corrected chi connectivity index (χ1v) is 8.79. The van der Waals surface area contributed by atoms with Gasteiger partial charge in [0.25, 0.3) is 0 Å². The largest absolute Gasteiger partial charge is 0.444 e. The highest BCUT2D eigenvalue weighted by atomic mass is 19.4. The molecule has 1 saturated heterocycles. The molecule has 0 bridgehead atoms. The summed E-state index contributed by atoms with van der Waals surface area (Å²) >= 11 is 0. The summed E-state index contributed by atoms with van der Waals surface area (Å²) in [6.07, 6.45) is -4.34. The number of nitrogens with one attached hydrogen (secondary N) is 1. The van der Waals surface area contributed by atoms with E-state index >= 15 is 0 Å². The summed E-state index contributed by atoms with van der Waals surface area (Å²) < 4.78 is 47.0. The van der Waals surface area contributed by atoms with Crippen LogP contribution in [0.1, 0.15) is 51.8 Å². The molecule has 0 spiro atoms. The Morgan fingerprint density at radius 2 is 1.93 bits per heavy atom. The van der Waals surface area contributed by atoms with Gasteiger partial charge in [-0.2, -0.15) is 13.2 Å². The number of halogens is 3. The Morgan fingerprint density at radius 3 is 2.56 bits per heavy atom. The third kappa shape index (κ3) is 3.81. The van der Waals surface area contributed by atoms with Gasteiger partial charge in [0, 0.05) is 6.54 Å². The van der Waals surface area contributed by atoms with Crippen molar-refractivity contribution in [3.05, 3.63) is 34.2 Å². The number of nitrogens with zero attached hydrogens (tertiary/aromatic N) is 2. The standard InChI is InChI=1S/C18H22F3N3O3/c1-17(2,3)27-16(26)23-10-5-4-9-13(23)24-14-11(18(19,20)21)7-6-8-12(14)22-15(24)25/h6-8,13H,4-5,9-10H2,1-3H3,(H,22,25). The van der Waals surface area contributed by atoms with Gasteiger partial charge in [0.15, 0.2) is 0 Å². The molecule has 6 nitrogen and oxygen atoms in total. The predicted molar refractivity (Wildman–Crippen MR) is 93.4 cm³/mol. The molecule has 0 aliphatic carbocycles. The number of amides is 1. The van der Waals surface area contributed by atoms with Crippen molar-refractivity contribution in [2.24, 2.45) is 0 Å². The quantitative estimate of drug-likeness (QED) is 0.797. The van der Waals surface area contributed by atoms with E-state index in [1.807, 2.05) is 0 Å². The normalized spacial score (nSPS) is 18.7. The number of ether oxygens (including phenoxy) is 1. The number of piperidine rings is 1. The van der Waals surface area contributed by atoms with Crippen molar-refractivity contribution in [3.63, 3.8) is 0 Å². The first-order valence-electron chi connectivity index (χ1n) is 8.79. The number of alkyl halides is 3. The van der Waals surface area contributed by atoms with Crippen molar-refractivity contribution in [2.75, 3.05) is 6.54 Å². The number of imidazole rings is 1. The van der Waals surface area contributed by atoms with Gasteiger partial charge in [0.1, 0.15) is 11.8 Å². The van der Waals surface area contributed by atoms with Gasteiger partial charge in [-0.25, -0.2) is 9.59 Å². The van der Waals surface area contributed by atoms with E-state index < -0.39 is 35.3 Å². The molecular weight excluding hydrogens is 363 g/mol. The SMILES string of the molecule is CC(C)(C)OC(=O)N1CCCCC1n1c(=O)[nH]c2cccc(C(F)(F)F)c21. The average Bonchev–Trinajstić information content (AvgIpc) is 2.87. The zero-order valence-corrected chi connectivity index (χ0v) is 15.4. The number of aromatic amines is 1. The van der Waals surface area contributed by atoms with E-state index in [0.29, 0.717) is 25.8 Å². The Bertz CT molecular complexity index is 908. The second-order valence-corrected chi connectivity index (χ2v) is 7.65. The Kier molecular flexibility index (Phi) is 4.73. The molecule has 0 saturated carbocycles. The number of rotatable bonds is 1. The van der Waals surface area contributed by atoms with Crippen molar-refractivity contribution >= 4 is 17.1 Å². The number of fused-ring (bicyclic) bond motifs is 1.